The first-order valence-corrected chi connectivity index (χ1v) is 10.9. The summed E-state index contributed by atoms with van der Waals surface area (Å²) in [6, 6.07) is 7.01. The predicted octanol–water partition coefficient (Wildman–Crippen LogP) is 3.40. The molecule has 1 fully saturated rings. The van der Waals surface area contributed by atoms with Crippen LogP contribution >= 0.6 is 11.3 Å². The third-order valence-electron chi connectivity index (χ3n) is 5.09. The molecule has 0 saturated carbocycles. The van der Waals surface area contributed by atoms with Crippen molar-refractivity contribution in [2.75, 3.05) is 38.0 Å². The van der Waals surface area contributed by atoms with Gasteiger partial charge in [0, 0.05) is 48.2 Å². The van der Waals surface area contributed by atoms with Gasteiger partial charge in [-0.05, 0) is 31.2 Å². The molecule has 1 aliphatic rings. The Morgan fingerprint density at radius 1 is 1.07 bits per heavy atom. The van der Waals surface area contributed by atoms with Gasteiger partial charge in [-0.15, -0.1) is 11.3 Å². The first-order valence-electron chi connectivity index (χ1n) is 10.0. The van der Waals surface area contributed by atoms with Gasteiger partial charge in [0.05, 0.1) is 18.8 Å². The maximum Gasteiger partial charge on any atom is 0.238 e. The summed E-state index contributed by atoms with van der Waals surface area (Å²) in [4.78, 5) is 33.0. The summed E-state index contributed by atoms with van der Waals surface area (Å²) in [5.41, 5.74) is 2.61. The highest BCUT2D eigenvalue weighted by atomic mass is 32.1. The molecule has 1 aliphatic heterocycles. The van der Waals surface area contributed by atoms with Crippen LogP contribution in [0.1, 0.15) is 48.8 Å². The van der Waals surface area contributed by atoms with E-state index in [0.29, 0.717) is 12.1 Å². The van der Waals surface area contributed by atoms with Crippen LogP contribution in [0.2, 0.25) is 0 Å². The lowest BCUT2D eigenvalue weighted by Crippen LogP contribution is -2.48. The normalized spacial score (nSPS) is 16.0. The molecule has 1 amide bonds. The second kappa shape index (κ2) is 9.15. The van der Waals surface area contributed by atoms with E-state index >= 15 is 0 Å². The van der Waals surface area contributed by atoms with Crippen LogP contribution in [0, 0.1) is 0 Å². The topological polar surface area (TPSA) is 65.5 Å². The largest absolute Gasteiger partial charge is 0.325 e. The average molecular weight is 415 g/mol. The first-order chi connectivity index (χ1) is 13.7. The Balaban J connectivity index is 1.42. The van der Waals surface area contributed by atoms with E-state index in [9.17, 15) is 9.59 Å². The molecule has 29 heavy (non-hydrogen) atoms. The quantitative estimate of drug-likeness (QED) is 0.734. The number of ketones is 1. The number of thiazole rings is 1. The standard InChI is InChI=1S/C22H30N4O2S/c1-16(27)17-5-7-18(8-6-17)23-20(28)13-25-9-11-26(12-10-25)14-21-24-19(15-29-21)22(2,3)4/h5-8,15H,9-14H2,1-4H3,(H,23,28). The lowest BCUT2D eigenvalue weighted by molar-refractivity contribution is -0.117. The number of hydrogen-bond acceptors (Lipinski definition) is 6. The Hall–Kier alpha value is -2.09. The highest BCUT2D eigenvalue weighted by molar-refractivity contribution is 7.09. The second-order valence-corrected chi connectivity index (χ2v) is 9.55. The van der Waals surface area contributed by atoms with Crippen molar-refractivity contribution in [3.8, 4) is 0 Å². The molecule has 0 unspecified atom stereocenters. The van der Waals surface area contributed by atoms with Crippen LogP contribution in [0.3, 0.4) is 0 Å². The molecule has 0 radical (unpaired) electrons. The molecule has 0 bridgehead atoms. The molecule has 1 saturated heterocycles. The van der Waals surface area contributed by atoms with Gasteiger partial charge < -0.3 is 5.32 Å². The van der Waals surface area contributed by atoms with Crippen LogP contribution < -0.4 is 5.32 Å². The summed E-state index contributed by atoms with van der Waals surface area (Å²) in [6.07, 6.45) is 0. The fraction of sp³-hybridized carbons (Fsp3) is 0.500. The molecule has 3 rings (SSSR count). The number of Topliss-reactive ketones (excluding diaryl/α,β-unsaturated/α-hetero) is 1. The van der Waals surface area contributed by atoms with E-state index in [1.54, 1.807) is 35.6 Å². The summed E-state index contributed by atoms with van der Waals surface area (Å²) in [5.74, 6) is -0.00288. The molecule has 0 aliphatic carbocycles. The number of anilines is 1. The maximum absolute atomic E-state index is 12.3. The van der Waals surface area contributed by atoms with Gasteiger partial charge in [-0.3, -0.25) is 19.4 Å². The molecule has 7 heteroatoms. The molecule has 6 nitrogen and oxygen atoms in total. The van der Waals surface area contributed by atoms with E-state index in [1.165, 1.54) is 6.92 Å². The van der Waals surface area contributed by atoms with Crippen LogP contribution in [0.15, 0.2) is 29.6 Å². The summed E-state index contributed by atoms with van der Waals surface area (Å²) in [6.45, 7) is 13.0. The van der Waals surface area contributed by atoms with E-state index in [-0.39, 0.29) is 17.1 Å². The molecule has 2 aromatic rings. The van der Waals surface area contributed by atoms with Crippen LogP contribution in [-0.2, 0) is 16.8 Å². The smallest absolute Gasteiger partial charge is 0.238 e. The van der Waals surface area contributed by atoms with Crippen molar-refractivity contribution < 1.29 is 9.59 Å². The van der Waals surface area contributed by atoms with Crippen LogP contribution in [0.5, 0.6) is 0 Å². The monoisotopic (exact) mass is 414 g/mol. The molecule has 1 aromatic carbocycles. The van der Waals surface area contributed by atoms with Gasteiger partial charge in [-0.25, -0.2) is 4.98 Å². The minimum Gasteiger partial charge on any atom is -0.325 e. The number of hydrogen-bond donors (Lipinski definition) is 1. The van der Waals surface area contributed by atoms with E-state index in [0.717, 1.165) is 49.1 Å². The van der Waals surface area contributed by atoms with Gasteiger partial charge in [0.25, 0.3) is 0 Å². The van der Waals surface area contributed by atoms with Crippen LogP contribution in [0.25, 0.3) is 0 Å². The van der Waals surface area contributed by atoms with Crippen molar-refractivity contribution >= 4 is 28.7 Å². The maximum atomic E-state index is 12.3. The lowest BCUT2D eigenvalue weighted by atomic mass is 9.93. The van der Waals surface area contributed by atoms with Crippen molar-refractivity contribution in [3.05, 3.63) is 45.9 Å². The van der Waals surface area contributed by atoms with Gasteiger partial charge in [0.15, 0.2) is 5.78 Å². The summed E-state index contributed by atoms with van der Waals surface area (Å²) in [7, 11) is 0. The van der Waals surface area contributed by atoms with Gasteiger partial charge >= 0.3 is 0 Å². The highest BCUT2D eigenvalue weighted by Gasteiger charge is 2.22. The number of carbonyl (C=O) groups is 2. The summed E-state index contributed by atoms with van der Waals surface area (Å²) >= 11 is 1.73. The zero-order valence-corrected chi connectivity index (χ0v) is 18.5. The van der Waals surface area contributed by atoms with Crippen molar-refractivity contribution in [1.29, 1.82) is 0 Å². The van der Waals surface area contributed by atoms with Gasteiger partial charge in [0.2, 0.25) is 5.91 Å². The minimum absolute atomic E-state index is 0.0214. The average Bonchev–Trinajstić information content (AvgIpc) is 3.13. The third kappa shape index (κ3) is 6.19. The fourth-order valence-corrected chi connectivity index (χ4v) is 4.28. The van der Waals surface area contributed by atoms with E-state index in [2.05, 4.69) is 41.3 Å². The molecule has 156 valence electrons. The van der Waals surface area contributed by atoms with Crippen molar-refractivity contribution in [3.63, 3.8) is 0 Å². The van der Waals surface area contributed by atoms with E-state index in [4.69, 9.17) is 4.98 Å². The second-order valence-electron chi connectivity index (χ2n) is 8.61. The number of benzene rings is 1. The molecular formula is C22H30N4O2S. The Kier molecular flexibility index (Phi) is 6.82. The number of piperazine rings is 1. The molecule has 1 N–H and O–H groups in total. The minimum atomic E-state index is -0.0243. The summed E-state index contributed by atoms with van der Waals surface area (Å²) < 4.78 is 0. The Morgan fingerprint density at radius 2 is 1.69 bits per heavy atom. The molecule has 2 heterocycles. The third-order valence-corrected chi connectivity index (χ3v) is 5.92. The Labute approximate surface area is 176 Å². The molecule has 0 spiro atoms. The zero-order chi connectivity index (χ0) is 21.0. The van der Waals surface area contributed by atoms with Gasteiger partial charge in [0.1, 0.15) is 5.01 Å². The Bertz CT molecular complexity index is 846. The predicted molar refractivity (Wildman–Crippen MR) is 118 cm³/mol. The number of carbonyl (C=O) groups excluding carboxylic acids is 2. The number of nitrogens with one attached hydrogen (secondary N) is 1. The number of aromatic nitrogens is 1. The number of nitrogens with zero attached hydrogens (tertiary/aromatic N) is 3. The van der Waals surface area contributed by atoms with Crippen molar-refractivity contribution in [2.45, 2.75) is 39.7 Å². The number of rotatable bonds is 6. The first kappa shape index (κ1) is 21.6. The highest BCUT2D eigenvalue weighted by Crippen LogP contribution is 2.24. The van der Waals surface area contributed by atoms with Crippen LogP contribution in [0.4, 0.5) is 5.69 Å². The molecular weight excluding hydrogens is 384 g/mol. The summed E-state index contributed by atoms with van der Waals surface area (Å²) in [5, 5.41) is 6.24. The van der Waals surface area contributed by atoms with E-state index in [1.807, 2.05) is 0 Å². The molecule has 1 aromatic heterocycles. The zero-order valence-electron chi connectivity index (χ0n) is 17.7. The lowest BCUT2D eigenvalue weighted by Gasteiger charge is -2.33. The fourth-order valence-electron chi connectivity index (χ4n) is 3.22. The molecule has 0 atom stereocenters. The number of amides is 1. The van der Waals surface area contributed by atoms with Crippen molar-refractivity contribution in [2.24, 2.45) is 0 Å². The van der Waals surface area contributed by atoms with Gasteiger partial charge in [-0.2, -0.15) is 0 Å². The van der Waals surface area contributed by atoms with Crippen molar-refractivity contribution in [1.82, 2.24) is 14.8 Å². The van der Waals surface area contributed by atoms with Crippen LogP contribution in [-0.4, -0.2) is 59.2 Å². The SMILES string of the molecule is CC(=O)c1ccc(NC(=O)CN2CCN(Cc3nc(C(C)(C)C)cs3)CC2)cc1. The van der Waals surface area contributed by atoms with Gasteiger partial charge in [-0.1, -0.05) is 20.8 Å². The Morgan fingerprint density at radius 3 is 2.24 bits per heavy atom. The van der Waals surface area contributed by atoms with E-state index < -0.39 is 0 Å².